The first-order valence-corrected chi connectivity index (χ1v) is 8.45. The highest BCUT2D eigenvalue weighted by molar-refractivity contribution is 6.08. The maximum absolute atomic E-state index is 9.80. The second-order valence-electron chi connectivity index (χ2n) is 6.69. The summed E-state index contributed by atoms with van der Waals surface area (Å²) < 4.78 is 1.95. The topological polar surface area (TPSA) is 106 Å². The van der Waals surface area contributed by atoms with E-state index in [4.69, 9.17) is 10.8 Å². The zero-order valence-electron chi connectivity index (χ0n) is 13.6. The SMILES string of the molecule is Nc1nc2cc(-c3ccn[nH]3)ccc2c2nn(C3CCC(O)C3)cc12. The molecule has 0 aliphatic heterocycles. The number of nitrogen functional groups attached to an aromatic ring is 1. The van der Waals surface area contributed by atoms with E-state index >= 15 is 0 Å². The summed E-state index contributed by atoms with van der Waals surface area (Å²) in [6.07, 6.45) is 5.95. The summed E-state index contributed by atoms with van der Waals surface area (Å²) in [5, 5.41) is 23.4. The number of H-pyrrole nitrogens is 1. The molecule has 25 heavy (non-hydrogen) atoms. The number of aliphatic hydroxyl groups is 1. The Labute approximate surface area is 143 Å². The van der Waals surface area contributed by atoms with Gasteiger partial charge >= 0.3 is 0 Å². The van der Waals surface area contributed by atoms with Crippen molar-refractivity contribution in [2.75, 3.05) is 5.73 Å². The highest BCUT2D eigenvalue weighted by Gasteiger charge is 2.25. The standard InChI is InChI=1S/C18H18N6O/c19-18-14-9-24(11-2-3-12(25)8-11)23-17(14)13-4-1-10(7-16(13)21-18)15-5-6-20-22-15/h1,4-7,9,11-12,25H,2-3,8H2,(H2,19,21)(H,20,22). The van der Waals surface area contributed by atoms with Crippen molar-refractivity contribution in [1.29, 1.82) is 0 Å². The maximum Gasteiger partial charge on any atom is 0.135 e. The van der Waals surface area contributed by atoms with E-state index in [1.54, 1.807) is 6.20 Å². The van der Waals surface area contributed by atoms with Crippen LogP contribution in [0.5, 0.6) is 0 Å². The molecule has 5 rings (SSSR count). The van der Waals surface area contributed by atoms with Crippen LogP contribution in [-0.4, -0.2) is 36.2 Å². The van der Waals surface area contributed by atoms with Crippen molar-refractivity contribution in [3.05, 3.63) is 36.7 Å². The van der Waals surface area contributed by atoms with Crippen molar-refractivity contribution in [3.8, 4) is 11.3 Å². The van der Waals surface area contributed by atoms with E-state index in [2.05, 4.69) is 15.2 Å². The van der Waals surface area contributed by atoms with Gasteiger partial charge in [0.2, 0.25) is 0 Å². The molecule has 1 aromatic carbocycles. The second kappa shape index (κ2) is 5.29. The number of hydrogen-bond acceptors (Lipinski definition) is 5. The molecule has 1 aliphatic carbocycles. The molecule has 1 fully saturated rings. The molecule has 4 aromatic rings. The lowest BCUT2D eigenvalue weighted by Gasteiger charge is -2.08. The fraction of sp³-hybridized carbons (Fsp3) is 0.278. The van der Waals surface area contributed by atoms with Crippen molar-refractivity contribution in [2.24, 2.45) is 0 Å². The number of anilines is 1. The van der Waals surface area contributed by atoms with Gasteiger partial charge in [0.1, 0.15) is 11.3 Å². The van der Waals surface area contributed by atoms with Crippen molar-refractivity contribution in [3.63, 3.8) is 0 Å². The van der Waals surface area contributed by atoms with Gasteiger partial charge < -0.3 is 10.8 Å². The van der Waals surface area contributed by atoms with Gasteiger partial charge in [0.05, 0.1) is 28.7 Å². The number of pyridine rings is 1. The fourth-order valence-electron chi connectivity index (χ4n) is 3.74. The molecule has 1 aliphatic rings. The van der Waals surface area contributed by atoms with Crippen LogP contribution >= 0.6 is 0 Å². The van der Waals surface area contributed by atoms with Gasteiger partial charge in [-0.2, -0.15) is 10.2 Å². The average Bonchev–Trinajstić information content (AvgIpc) is 3.34. The smallest absolute Gasteiger partial charge is 0.135 e. The van der Waals surface area contributed by atoms with Crippen LogP contribution in [-0.2, 0) is 0 Å². The van der Waals surface area contributed by atoms with Crippen LogP contribution < -0.4 is 5.73 Å². The summed E-state index contributed by atoms with van der Waals surface area (Å²) in [5.41, 5.74) is 9.82. The van der Waals surface area contributed by atoms with Gasteiger partial charge in [-0.25, -0.2) is 4.98 Å². The zero-order chi connectivity index (χ0) is 17.0. The van der Waals surface area contributed by atoms with E-state index in [-0.39, 0.29) is 12.1 Å². The Morgan fingerprint density at radius 3 is 2.88 bits per heavy atom. The molecule has 3 aromatic heterocycles. The number of fused-ring (bicyclic) bond motifs is 3. The largest absolute Gasteiger partial charge is 0.393 e. The van der Waals surface area contributed by atoms with E-state index in [0.717, 1.165) is 52.3 Å². The third kappa shape index (κ3) is 2.27. The first-order valence-electron chi connectivity index (χ1n) is 8.45. The summed E-state index contributed by atoms with van der Waals surface area (Å²) in [6.45, 7) is 0. The van der Waals surface area contributed by atoms with Crippen molar-refractivity contribution >= 4 is 27.6 Å². The Balaban J connectivity index is 1.67. The number of aromatic nitrogens is 5. The number of nitrogens with two attached hydrogens (primary N) is 1. The summed E-state index contributed by atoms with van der Waals surface area (Å²) in [5.74, 6) is 0.481. The Morgan fingerprint density at radius 2 is 2.12 bits per heavy atom. The monoisotopic (exact) mass is 334 g/mol. The first-order chi connectivity index (χ1) is 12.2. The minimum Gasteiger partial charge on any atom is -0.393 e. The van der Waals surface area contributed by atoms with E-state index in [9.17, 15) is 5.11 Å². The number of rotatable bonds is 2. The van der Waals surface area contributed by atoms with Gasteiger partial charge in [0, 0.05) is 23.3 Å². The molecule has 7 heteroatoms. The van der Waals surface area contributed by atoms with Crippen LogP contribution in [0.1, 0.15) is 25.3 Å². The highest BCUT2D eigenvalue weighted by atomic mass is 16.3. The lowest BCUT2D eigenvalue weighted by atomic mass is 10.1. The third-order valence-corrected chi connectivity index (χ3v) is 5.06. The molecule has 0 spiro atoms. The van der Waals surface area contributed by atoms with Gasteiger partial charge in [-0.3, -0.25) is 9.78 Å². The van der Waals surface area contributed by atoms with Crippen molar-refractivity contribution < 1.29 is 5.11 Å². The molecule has 0 bridgehead atoms. The number of nitrogens with zero attached hydrogens (tertiary/aromatic N) is 4. The van der Waals surface area contributed by atoms with E-state index in [1.165, 1.54) is 0 Å². The van der Waals surface area contributed by atoms with Gasteiger partial charge in [-0.15, -0.1) is 0 Å². The Hall–Kier alpha value is -2.93. The number of hydrogen-bond donors (Lipinski definition) is 3. The lowest BCUT2D eigenvalue weighted by molar-refractivity contribution is 0.177. The molecule has 126 valence electrons. The fourth-order valence-corrected chi connectivity index (χ4v) is 3.74. The summed E-state index contributed by atoms with van der Waals surface area (Å²) in [4.78, 5) is 4.57. The lowest BCUT2D eigenvalue weighted by Crippen LogP contribution is -2.07. The number of benzene rings is 1. The Bertz CT molecular complexity index is 1070. The predicted octanol–water partition coefficient (Wildman–Crippen LogP) is 2.64. The minimum atomic E-state index is -0.235. The number of aromatic amines is 1. The average molecular weight is 334 g/mol. The second-order valence-corrected chi connectivity index (χ2v) is 6.69. The Morgan fingerprint density at radius 1 is 1.20 bits per heavy atom. The first kappa shape index (κ1) is 14.4. The van der Waals surface area contributed by atoms with Crippen LogP contribution in [0.25, 0.3) is 33.1 Å². The van der Waals surface area contributed by atoms with E-state index in [0.29, 0.717) is 5.82 Å². The molecule has 3 heterocycles. The molecule has 0 amide bonds. The molecule has 2 unspecified atom stereocenters. The third-order valence-electron chi connectivity index (χ3n) is 5.06. The summed E-state index contributed by atoms with van der Waals surface area (Å²) in [6, 6.07) is 8.20. The van der Waals surface area contributed by atoms with Crippen LogP contribution in [0.2, 0.25) is 0 Å². The molecular formula is C18H18N6O. The maximum atomic E-state index is 9.80. The van der Waals surface area contributed by atoms with Crippen molar-refractivity contribution in [2.45, 2.75) is 31.4 Å². The molecule has 0 radical (unpaired) electrons. The van der Waals surface area contributed by atoms with Crippen LogP contribution in [0.4, 0.5) is 5.82 Å². The van der Waals surface area contributed by atoms with Gasteiger partial charge in [-0.1, -0.05) is 6.07 Å². The van der Waals surface area contributed by atoms with Crippen LogP contribution in [0.15, 0.2) is 36.7 Å². The number of nitrogens with one attached hydrogen (secondary N) is 1. The molecule has 2 atom stereocenters. The normalized spacial score (nSPS) is 20.7. The molecular weight excluding hydrogens is 316 g/mol. The quantitative estimate of drug-likeness (QED) is 0.522. The van der Waals surface area contributed by atoms with Crippen molar-refractivity contribution in [1.82, 2.24) is 25.0 Å². The van der Waals surface area contributed by atoms with Crippen LogP contribution in [0.3, 0.4) is 0 Å². The summed E-state index contributed by atoms with van der Waals surface area (Å²) >= 11 is 0. The Kier molecular flexibility index (Phi) is 3.05. The van der Waals surface area contributed by atoms with Gasteiger partial charge in [0.25, 0.3) is 0 Å². The molecule has 7 nitrogen and oxygen atoms in total. The van der Waals surface area contributed by atoms with E-state index < -0.39 is 0 Å². The molecule has 0 saturated heterocycles. The predicted molar refractivity (Wildman–Crippen MR) is 95.9 cm³/mol. The highest BCUT2D eigenvalue weighted by Crippen LogP contribution is 2.34. The summed E-state index contributed by atoms with van der Waals surface area (Å²) in [7, 11) is 0. The molecule has 1 saturated carbocycles. The van der Waals surface area contributed by atoms with Gasteiger partial charge in [0.15, 0.2) is 0 Å². The van der Waals surface area contributed by atoms with Crippen LogP contribution in [0, 0.1) is 0 Å². The molecule has 4 N–H and O–H groups in total. The number of aliphatic hydroxyl groups excluding tert-OH is 1. The zero-order valence-corrected chi connectivity index (χ0v) is 13.6. The van der Waals surface area contributed by atoms with Gasteiger partial charge in [-0.05, 0) is 37.5 Å². The minimum absolute atomic E-state index is 0.223. The van der Waals surface area contributed by atoms with E-state index in [1.807, 2.05) is 35.1 Å².